The normalized spacial score (nSPS) is 9.63. The molecule has 3 heteroatoms. The molecule has 0 amide bonds. The number of rotatable bonds is 3. The van der Waals surface area contributed by atoms with Crippen LogP contribution in [0.25, 0.3) is 0 Å². The van der Waals surface area contributed by atoms with Gasteiger partial charge in [0.2, 0.25) is 0 Å². The Labute approximate surface area is 120 Å². The summed E-state index contributed by atoms with van der Waals surface area (Å²) in [5.41, 5.74) is 2.47. The number of nitrogens with one attached hydrogen (secondary N) is 1. The fourth-order valence-electron chi connectivity index (χ4n) is 1.58. The summed E-state index contributed by atoms with van der Waals surface area (Å²) in [5, 5.41) is 12.5. The predicted molar refractivity (Wildman–Crippen MR) is 81.7 cm³/mol. The van der Waals surface area contributed by atoms with Crippen LogP contribution >= 0.6 is 11.6 Å². The summed E-state index contributed by atoms with van der Waals surface area (Å²) in [6.45, 7) is 2.93. The summed E-state index contributed by atoms with van der Waals surface area (Å²) in [5.74, 6) is 0.131. The highest BCUT2D eigenvalue weighted by Crippen LogP contribution is 2.23. The molecule has 0 radical (unpaired) electrons. The molecule has 2 aromatic rings. The lowest BCUT2D eigenvalue weighted by Gasteiger charge is -2.01. The van der Waals surface area contributed by atoms with E-state index in [9.17, 15) is 0 Å². The van der Waals surface area contributed by atoms with E-state index >= 15 is 0 Å². The van der Waals surface area contributed by atoms with Gasteiger partial charge in [0.1, 0.15) is 5.75 Å². The molecule has 0 aliphatic rings. The molecule has 0 bridgehead atoms. The summed E-state index contributed by atoms with van der Waals surface area (Å²) < 4.78 is 0. The van der Waals surface area contributed by atoms with E-state index in [0.717, 1.165) is 18.5 Å². The van der Waals surface area contributed by atoms with Crippen LogP contribution in [0.15, 0.2) is 48.5 Å². The number of phenolic OH excluding ortho intramolecular Hbond substituents is 1. The second-order valence-electron chi connectivity index (χ2n) is 4.16. The van der Waals surface area contributed by atoms with Crippen LogP contribution in [0, 0.1) is 0 Å². The largest absolute Gasteiger partial charge is 0.506 e. The zero-order valence-electron chi connectivity index (χ0n) is 11.4. The average Bonchev–Trinajstić information content (AvgIpc) is 2.45. The molecule has 19 heavy (non-hydrogen) atoms. The first-order valence-corrected chi connectivity index (χ1v) is 6.71. The van der Waals surface area contributed by atoms with Crippen molar-refractivity contribution in [1.82, 2.24) is 5.32 Å². The number of aryl methyl sites for hydroxylation is 1. The van der Waals surface area contributed by atoms with E-state index in [2.05, 4.69) is 36.5 Å². The third kappa shape index (κ3) is 5.77. The quantitative estimate of drug-likeness (QED) is 0.888. The molecular formula is C16H20ClNO. The van der Waals surface area contributed by atoms with Crippen LogP contribution in [0.4, 0.5) is 0 Å². The standard InChI is InChI=1S/C8H10ClNO.C8H10/c1-10-5-6-2-3-8(11)7(9)4-6;1-2-8-6-4-3-5-7-8/h2-4,10-11H,5H2,1H3;3-7H,2H2,1H3. The van der Waals surface area contributed by atoms with Gasteiger partial charge >= 0.3 is 0 Å². The van der Waals surface area contributed by atoms with E-state index in [4.69, 9.17) is 16.7 Å². The third-order valence-electron chi connectivity index (χ3n) is 2.64. The Morgan fingerprint density at radius 1 is 1.05 bits per heavy atom. The molecule has 0 aliphatic heterocycles. The number of phenols is 1. The summed E-state index contributed by atoms with van der Waals surface area (Å²) in [6.07, 6.45) is 1.14. The minimum absolute atomic E-state index is 0.131. The molecule has 0 saturated carbocycles. The van der Waals surface area contributed by atoms with Gasteiger partial charge in [0.15, 0.2) is 0 Å². The van der Waals surface area contributed by atoms with E-state index in [1.807, 2.05) is 19.2 Å². The first kappa shape index (κ1) is 15.5. The van der Waals surface area contributed by atoms with E-state index in [-0.39, 0.29) is 5.75 Å². The van der Waals surface area contributed by atoms with Crippen molar-refractivity contribution in [2.75, 3.05) is 7.05 Å². The number of benzene rings is 2. The zero-order valence-corrected chi connectivity index (χ0v) is 12.1. The lowest BCUT2D eigenvalue weighted by Crippen LogP contribution is -2.04. The van der Waals surface area contributed by atoms with Crippen molar-refractivity contribution >= 4 is 11.6 Å². The predicted octanol–water partition coefficient (Wildman–Crippen LogP) is 4.01. The first-order chi connectivity index (χ1) is 9.17. The molecule has 102 valence electrons. The molecule has 0 saturated heterocycles. The molecule has 0 aliphatic carbocycles. The van der Waals surface area contributed by atoms with Crippen molar-refractivity contribution in [3.8, 4) is 5.75 Å². The van der Waals surface area contributed by atoms with E-state index < -0.39 is 0 Å². The highest BCUT2D eigenvalue weighted by molar-refractivity contribution is 6.32. The van der Waals surface area contributed by atoms with Crippen molar-refractivity contribution in [3.05, 3.63) is 64.7 Å². The molecule has 0 atom stereocenters. The van der Waals surface area contributed by atoms with Crippen molar-refractivity contribution in [2.45, 2.75) is 19.9 Å². The molecule has 2 rings (SSSR count). The Bertz CT molecular complexity index is 485. The number of hydrogen-bond donors (Lipinski definition) is 2. The molecule has 2 aromatic carbocycles. The molecule has 0 spiro atoms. The van der Waals surface area contributed by atoms with Crippen molar-refractivity contribution in [1.29, 1.82) is 0 Å². The summed E-state index contributed by atoms with van der Waals surface area (Å²) in [6, 6.07) is 15.6. The second-order valence-corrected chi connectivity index (χ2v) is 4.56. The van der Waals surface area contributed by atoms with Crippen LogP contribution in [0.1, 0.15) is 18.1 Å². The SMILES string of the molecule is CCc1ccccc1.CNCc1ccc(O)c(Cl)c1. The van der Waals surface area contributed by atoms with Crippen molar-refractivity contribution in [3.63, 3.8) is 0 Å². The van der Waals surface area contributed by atoms with Crippen LogP contribution in [0.2, 0.25) is 5.02 Å². The molecule has 2 N–H and O–H groups in total. The Morgan fingerprint density at radius 3 is 2.21 bits per heavy atom. The Balaban J connectivity index is 0.000000200. The van der Waals surface area contributed by atoms with Gasteiger partial charge in [0.05, 0.1) is 5.02 Å². The van der Waals surface area contributed by atoms with Crippen LogP contribution in [-0.2, 0) is 13.0 Å². The molecule has 0 unspecified atom stereocenters. The van der Waals surface area contributed by atoms with Crippen LogP contribution in [-0.4, -0.2) is 12.2 Å². The number of aromatic hydroxyl groups is 1. The number of hydrogen-bond acceptors (Lipinski definition) is 2. The van der Waals surface area contributed by atoms with E-state index in [1.165, 1.54) is 5.56 Å². The number of halogens is 1. The first-order valence-electron chi connectivity index (χ1n) is 6.33. The minimum atomic E-state index is 0.131. The summed E-state index contributed by atoms with van der Waals surface area (Å²) in [4.78, 5) is 0. The van der Waals surface area contributed by atoms with Gasteiger partial charge in [-0.2, -0.15) is 0 Å². The molecule has 0 heterocycles. The average molecular weight is 278 g/mol. The van der Waals surface area contributed by atoms with Crippen molar-refractivity contribution in [2.24, 2.45) is 0 Å². The fourth-order valence-corrected chi connectivity index (χ4v) is 1.78. The van der Waals surface area contributed by atoms with Crippen LogP contribution in [0.3, 0.4) is 0 Å². The summed E-state index contributed by atoms with van der Waals surface area (Å²) >= 11 is 5.67. The summed E-state index contributed by atoms with van der Waals surface area (Å²) in [7, 11) is 1.86. The molecule has 0 fully saturated rings. The van der Waals surface area contributed by atoms with Gasteiger partial charge in [0, 0.05) is 6.54 Å². The van der Waals surface area contributed by atoms with Crippen LogP contribution in [0.5, 0.6) is 5.75 Å². The van der Waals surface area contributed by atoms with E-state index in [0.29, 0.717) is 5.02 Å². The highest BCUT2D eigenvalue weighted by Gasteiger charge is 1.97. The minimum Gasteiger partial charge on any atom is -0.506 e. The van der Waals surface area contributed by atoms with Gasteiger partial charge in [-0.1, -0.05) is 54.9 Å². The van der Waals surface area contributed by atoms with Gasteiger partial charge in [-0.25, -0.2) is 0 Å². The van der Waals surface area contributed by atoms with Gasteiger partial charge in [-0.3, -0.25) is 0 Å². The lowest BCUT2D eigenvalue weighted by atomic mass is 10.2. The maximum atomic E-state index is 9.06. The topological polar surface area (TPSA) is 32.3 Å². The Kier molecular flexibility index (Phi) is 7.01. The zero-order chi connectivity index (χ0) is 14.1. The van der Waals surface area contributed by atoms with Gasteiger partial charge in [-0.05, 0) is 36.7 Å². The highest BCUT2D eigenvalue weighted by atomic mass is 35.5. The lowest BCUT2D eigenvalue weighted by molar-refractivity contribution is 0.475. The second kappa shape index (κ2) is 8.57. The van der Waals surface area contributed by atoms with Gasteiger partial charge in [-0.15, -0.1) is 0 Å². The smallest absolute Gasteiger partial charge is 0.134 e. The maximum Gasteiger partial charge on any atom is 0.134 e. The fraction of sp³-hybridized carbons (Fsp3) is 0.250. The van der Waals surface area contributed by atoms with Gasteiger partial charge in [0.25, 0.3) is 0 Å². The maximum absolute atomic E-state index is 9.06. The van der Waals surface area contributed by atoms with Crippen LogP contribution < -0.4 is 5.32 Å². The molecule has 0 aromatic heterocycles. The molecular weight excluding hydrogens is 258 g/mol. The van der Waals surface area contributed by atoms with Crippen molar-refractivity contribution < 1.29 is 5.11 Å². The van der Waals surface area contributed by atoms with Gasteiger partial charge < -0.3 is 10.4 Å². The monoisotopic (exact) mass is 277 g/mol. The third-order valence-corrected chi connectivity index (χ3v) is 2.95. The van der Waals surface area contributed by atoms with E-state index in [1.54, 1.807) is 12.1 Å². The molecule has 2 nitrogen and oxygen atoms in total. The Hall–Kier alpha value is -1.51. The Morgan fingerprint density at radius 2 is 1.74 bits per heavy atom.